The van der Waals surface area contributed by atoms with E-state index in [4.69, 9.17) is 9.84 Å². The lowest BCUT2D eigenvalue weighted by atomic mass is 10.2. The van der Waals surface area contributed by atoms with E-state index in [2.05, 4.69) is 15.4 Å². The van der Waals surface area contributed by atoms with Gasteiger partial charge in [-0.2, -0.15) is 18.3 Å². The number of ether oxygens (including phenoxy) is 1. The molecule has 0 bridgehead atoms. The molecular formula is C17H13F3N4O4. The molecule has 3 rings (SSSR count). The summed E-state index contributed by atoms with van der Waals surface area (Å²) in [6.45, 7) is -0.354. The second kappa shape index (κ2) is 7.18. The maximum atomic E-state index is 12.8. The number of amides is 1. The van der Waals surface area contributed by atoms with E-state index < -0.39 is 29.4 Å². The van der Waals surface area contributed by atoms with Crippen molar-refractivity contribution in [2.75, 3.05) is 12.4 Å². The third-order valence-electron chi connectivity index (χ3n) is 3.69. The maximum Gasteiger partial charge on any atom is 0.433 e. The predicted molar refractivity (Wildman–Crippen MR) is 91.1 cm³/mol. The van der Waals surface area contributed by atoms with E-state index in [1.165, 1.54) is 30.1 Å². The molecule has 28 heavy (non-hydrogen) atoms. The number of hydrogen-bond donors (Lipinski definition) is 2. The van der Waals surface area contributed by atoms with Gasteiger partial charge in [0.1, 0.15) is 23.7 Å². The molecule has 0 saturated carbocycles. The van der Waals surface area contributed by atoms with Gasteiger partial charge in [-0.3, -0.25) is 14.3 Å². The Morgan fingerprint density at radius 3 is 2.68 bits per heavy atom. The van der Waals surface area contributed by atoms with Crippen molar-refractivity contribution >= 4 is 28.5 Å². The van der Waals surface area contributed by atoms with E-state index in [1.807, 2.05) is 0 Å². The number of nitrogens with zero attached hydrogens (tertiary/aromatic N) is 3. The standard InChI is InChI=1S/C17H13F3N4O4/c1-28-13-6-11-9(7-24(23-11)8-15(25)26)5-12(13)22-16(27)10-3-2-4-14(21-10)17(18,19)20/h2-7H,8H2,1H3,(H,22,27)(H,25,26). The smallest absolute Gasteiger partial charge is 0.433 e. The van der Waals surface area contributed by atoms with Gasteiger partial charge >= 0.3 is 12.1 Å². The van der Waals surface area contributed by atoms with E-state index in [0.29, 0.717) is 10.9 Å². The van der Waals surface area contributed by atoms with Crippen LogP contribution in [-0.4, -0.2) is 38.9 Å². The van der Waals surface area contributed by atoms with Gasteiger partial charge in [0.25, 0.3) is 5.91 Å². The zero-order chi connectivity index (χ0) is 20.5. The third-order valence-corrected chi connectivity index (χ3v) is 3.69. The van der Waals surface area contributed by atoms with Crippen molar-refractivity contribution in [3.05, 3.63) is 47.9 Å². The Morgan fingerprint density at radius 1 is 1.29 bits per heavy atom. The first-order chi connectivity index (χ1) is 13.2. The maximum absolute atomic E-state index is 12.8. The molecule has 0 radical (unpaired) electrons. The number of carbonyl (C=O) groups is 2. The minimum atomic E-state index is -4.67. The molecule has 0 fully saturated rings. The van der Waals surface area contributed by atoms with Crippen molar-refractivity contribution in [1.29, 1.82) is 0 Å². The minimum absolute atomic E-state index is 0.175. The Bertz CT molecular complexity index is 1060. The zero-order valence-corrected chi connectivity index (χ0v) is 14.3. The van der Waals surface area contributed by atoms with Crippen LogP contribution in [0.1, 0.15) is 16.2 Å². The Kier molecular flexibility index (Phi) is 4.91. The summed E-state index contributed by atoms with van der Waals surface area (Å²) in [6.07, 6.45) is -3.22. The van der Waals surface area contributed by atoms with Gasteiger partial charge < -0.3 is 15.2 Å². The number of hydrogen-bond acceptors (Lipinski definition) is 5. The second-order valence-corrected chi connectivity index (χ2v) is 5.69. The monoisotopic (exact) mass is 394 g/mol. The third kappa shape index (κ3) is 4.03. The lowest BCUT2D eigenvalue weighted by Crippen LogP contribution is -2.17. The van der Waals surface area contributed by atoms with Crippen LogP contribution in [0, 0.1) is 0 Å². The summed E-state index contributed by atoms with van der Waals surface area (Å²) in [5.74, 6) is -1.74. The molecule has 3 aromatic rings. The Morgan fingerprint density at radius 2 is 2.04 bits per heavy atom. The number of carbonyl (C=O) groups excluding carboxylic acids is 1. The second-order valence-electron chi connectivity index (χ2n) is 5.69. The normalized spacial score (nSPS) is 11.4. The molecule has 0 aliphatic heterocycles. The molecule has 1 amide bonds. The summed E-state index contributed by atoms with van der Waals surface area (Å²) in [6, 6.07) is 5.95. The minimum Gasteiger partial charge on any atom is -0.494 e. The lowest BCUT2D eigenvalue weighted by molar-refractivity contribution is -0.141. The van der Waals surface area contributed by atoms with Crippen molar-refractivity contribution in [3.63, 3.8) is 0 Å². The SMILES string of the molecule is COc1cc2nn(CC(=O)O)cc2cc1NC(=O)c1cccc(C(F)(F)F)n1. The number of rotatable bonds is 5. The summed E-state index contributed by atoms with van der Waals surface area (Å²) in [4.78, 5) is 26.5. The highest BCUT2D eigenvalue weighted by molar-refractivity contribution is 6.05. The van der Waals surface area contributed by atoms with Gasteiger partial charge in [0, 0.05) is 17.6 Å². The molecule has 146 valence electrons. The Balaban J connectivity index is 1.92. The molecule has 0 atom stereocenters. The Labute approximate surface area is 155 Å². The van der Waals surface area contributed by atoms with Crippen LogP contribution in [0.2, 0.25) is 0 Å². The number of halogens is 3. The molecule has 0 saturated heterocycles. The number of benzene rings is 1. The van der Waals surface area contributed by atoms with Crippen LogP contribution in [-0.2, 0) is 17.5 Å². The highest BCUT2D eigenvalue weighted by atomic mass is 19.4. The van der Waals surface area contributed by atoms with Crippen molar-refractivity contribution in [3.8, 4) is 5.75 Å². The number of aliphatic carboxylic acids is 1. The Hall–Kier alpha value is -3.63. The number of carboxylic acids is 1. The van der Waals surface area contributed by atoms with E-state index in [-0.39, 0.29) is 18.0 Å². The molecule has 0 aliphatic carbocycles. The van der Waals surface area contributed by atoms with Crippen LogP contribution in [0.5, 0.6) is 5.75 Å². The lowest BCUT2D eigenvalue weighted by Gasteiger charge is -2.11. The first-order valence-corrected chi connectivity index (χ1v) is 7.80. The van der Waals surface area contributed by atoms with Gasteiger partial charge in [0.15, 0.2) is 0 Å². The number of fused-ring (bicyclic) bond motifs is 1. The van der Waals surface area contributed by atoms with Gasteiger partial charge in [0.2, 0.25) is 0 Å². The molecule has 2 heterocycles. The number of methoxy groups -OCH3 is 1. The van der Waals surface area contributed by atoms with Gasteiger partial charge in [-0.25, -0.2) is 4.98 Å². The summed E-state index contributed by atoms with van der Waals surface area (Å²) in [7, 11) is 1.34. The number of pyridine rings is 1. The molecule has 0 spiro atoms. The van der Waals surface area contributed by atoms with Crippen LogP contribution in [0.4, 0.5) is 18.9 Å². The highest BCUT2D eigenvalue weighted by Crippen LogP contribution is 2.31. The largest absolute Gasteiger partial charge is 0.494 e. The number of nitrogens with one attached hydrogen (secondary N) is 1. The van der Waals surface area contributed by atoms with Crippen LogP contribution >= 0.6 is 0 Å². The van der Waals surface area contributed by atoms with Gasteiger partial charge in [0.05, 0.1) is 18.3 Å². The number of anilines is 1. The summed E-state index contributed by atoms with van der Waals surface area (Å²) >= 11 is 0. The highest BCUT2D eigenvalue weighted by Gasteiger charge is 2.33. The van der Waals surface area contributed by atoms with Crippen LogP contribution < -0.4 is 10.1 Å². The fourth-order valence-corrected chi connectivity index (χ4v) is 2.50. The number of carboxylic acid groups (broad SMARTS) is 1. The number of aromatic nitrogens is 3. The summed E-state index contributed by atoms with van der Waals surface area (Å²) < 4.78 is 44.7. The summed E-state index contributed by atoms with van der Waals surface area (Å²) in [5.41, 5.74) is -1.00. The first kappa shape index (κ1) is 19.1. The van der Waals surface area contributed by atoms with Crippen molar-refractivity contribution in [1.82, 2.24) is 14.8 Å². The van der Waals surface area contributed by atoms with E-state index in [9.17, 15) is 22.8 Å². The molecule has 2 N–H and O–H groups in total. The van der Waals surface area contributed by atoms with Gasteiger partial charge in [-0.05, 0) is 18.2 Å². The first-order valence-electron chi connectivity index (χ1n) is 7.80. The van der Waals surface area contributed by atoms with Crippen molar-refractivity contribution in [2.24, 2.45) is 0 Å². The number of alkyl halides is 3. The molecular weight excluding hydrogens is 381 g/mol. The zero-order valence-electron chi connectivity index (χ0n) is 14.3. The predicted octanol–water partition coefficient (Wildman–Crippen LogP) is 2.80. The molecule has 0 aliphatic rings. The van der Waals surface area contributed by atoms with Gasteiger partial charge in [-0.1, -0.05) is 6.07 Å². The van der Waals surface area contributed by atoms with E-state index in [1.54, 1.807) is 0 Å². The van der Waals surface area contributed by atoms with Crippen LogP contribution in [0.25, 0.3) is 10.9 Å². The summed E-state index contributed by atoms with van der Waals surface area (Å²) in [5, 5.41) is 15.9. The molecule has 1 aromatic carbocycles. The van der Waals surface area contributed by atoms with E-state index >= 15 is 0 Å². The topological polar surface area (TPSA) is 106 Å². The van der Waals surface area contributed by atoms with Crippen molar-refractivity contribution < 1.29 is 32.6 Å². The van der Waals surface area contributed by atoms with Crippen LogP contribution in [0.15, 0.2) is 36.5 Å². The quantitative estimate of drug-likeness (QED) is 0.689. The van der Waals surface area contributed by atoms with Crippen LogP contribution in [0.3, 0.4) is 0 Å². The average Bonchev–Trinajstić information content (AvgIpc) is 3.00. The average molecular weight is 394 g/mol. The fraction of sp³-hybridized carbons (Fsp3) is 0.176. The fourth-order valence-electron chi connectivity index (χ4n) is 2.50. The molecule has 8 nitrogen and oxygen atoms in total. The molecule has 2 aromatic heterocycles. The van der Waals surface area contributed by atoms with Crippen molar-refractivity contribution in [2.45, 2.75) is 12.7 Å². The molecule has 0 unspecified atom stereocenters. The van der Waals surface area contributed by atoms with E-state index in [0.717, 1.165) is 18.2 Å². The van der Waals surface area contributed by atoms with Gasteiger partial charge in [-0.15, -0.1) is 0 Å². The molecule has 11 heteroatoms.